The minimum Gasteiger partial charge on any atom is -0.356 e. The van der Waals surface area contributed by atoms with E-state index in [9.17, 15) is 4.79 Å². The molecular weight excluding hydrogens is 264 g/mol. The van der Waals surface area contributed by atoms with Crippen molar-refractivity contribution in [3.63, 3.8) is 0 Å². The molecule has 1 aliphatic rings. The van der Waals surface area contributed by atoms with Crippen LogP contribution in [0.4, 0.5) is 5.82 Å². The fourth-order valence-corrected chi connectivity index (χ4v) is 2.55. The highest BCUT2D eigenvalue weighted by Crippen LogP contribution is 2.22. The number of nitrogens with zero attached hydrogens (tertiary/aromatic N) is 2. The van der Waals surface area contributed by atoms with Crippen molar-refractivity contribution in [1.29, 1.82) is 0 Å². The van der Waals surface area contributed by atoms with Crippen molar-refractivity contribution in [3.8, 4) is 0 Å². The largest absolute Gasteiger partial charge is 0.356 e. The third kappa shape index (κ3) is 3.73. The van der Waals surface area contributed by atoms with Crippen LogP contribution in [0.15, 0.2) is 24.4 Å². The van der Waals surface area contributed by atoms with Crippen LogP contribution in [0.25, 0.3) is 0 Å². The van der Waals surface area contributed by atoms with Crippen molar-refractivity contribution in [2.75, 3.05) is 24.5 Å². The lowest BCUT2D eigenvalue weighted by molar-refractivity contribution is -0.130. The Morgan fingerprint density at radius 2 is 2.19 bits per heavy atom. The number of rotatable bonds is 5. The normalized spacial score (nSPS) is 19.1. The van der Waals surface area contributed by atoms with Crippen LogP contribution < -0.4 is 16.0 Å². The number of pyridine rings is 1. The molecule has 1 aliphatic heterocycles. The van der Waals surface area contributed by atoms with Gasteiger partial charge in [-0.1, -0.05) is 13.0 Å². The maximum absolute atomic E-state index is 12.3. The van der Waals surface area contributed by atoms with E-state index in [0.717, 1.165) is 38.2 Å². The van der Waals surface area contributed by atoms with Gasteiger partial charge in [-0.25, -0.2) is 4.98 Å². The zero-order valence-electron chi connectivity index (χ0n) is 13.0. The number of carbonyl (C=O) groups is 1. The Morgan fingerprint density at radius 3 is 2.71 bits per heavy atom. The summed E-state index contributed by atoms with van der Waals surface area (Å²) in [5.74, 6) is 1.10. The van der Waals surface area contributed by atoms with Gasteiger partial charge in [-0.05, 0) is 38.3 Å². The van der Waals surface area contributed by atoms with Crippen molar-refractivity contribution in [1.82, 2.24) is 10.3 Å². The van der Waals surface area contributed by atoms with E-state index >= 15 is 0 Å². The molecule has 2 rings (SSSR count). The first-order valence-corrected chi connectivity index (χ1v) is 7.76. The van der Waals surface area contributed by atoms with E-state index in [-0.39, 0.29) is 11.9 Å². The number of nitrogens with two attached hydrogens (primary N) is 1. The van der Waals surface area contributed by atoms with Crippen LogP contribution in [-0.4, -0.2) is 36.6 Å². The van der Waals surface area contributed by atoms with Crippen LogP contribution >= 0.6 is 0 Å². The first kappa shape index (κ1) is 15.8. The molecule has 1 aromatic rings. The van der Waals surface area contributed by atoms with Crippen molar-refractivity contribution in [2.45, 2.75) is 39.2 Å². The Bertz CT molecular complexity index is 451. The number of piperidine rings is 1. The van der Waals surface area contributed by atoms with E-state index in [0.29, 0.717) is 6.54 Å². The third-order valence-electron chi connectivity index (χ3n) is 4.58. The molecule has 2 heterocycles. The molecule has 5 heteroatoms. The summed E-state index contributed by atoms with van der Waals surface area (Å²) >= 11 is 0. The average Bonchev–Trinajstić information content (AvgIpc) is 2.55. The SMILES string of the molecule is CCC(C)(CN)C(=O)NC1CCN(c2ccccn2)CC1. The van der Waals surface area contributed by atoms with Crippen LogP contribution in [-0.2, 0) is 4.79 Å². The summed E-state index contributed by atoms with van der Waals surface area (Å²) in [5, 5.41) is 3.17. The number of hydrogen-bond donors (Lipinski definition) is 2. The molecule has 5 nitrogen and oxygen atoms in total. The lowest BCUT2D eigenvalue weighted by Crippen LogP contribution is -2.51. The van der Waals surface area contributed by atoms with Crippen LogP contribution in [0, 0.1) is 5.41 Å². The summed E-state index contributed by atoms with van der Waals surface area (Å²) in [4.78, 5) is 19.0. The highest BCUT2D eigenvalue weighted by Gasteiger charge is 2.32. The summed E-state index contributed by atoms with van der Waals surface area (Å²) in [6.07, 6.45) is 4.48. The van der Waals surface area contributed by atoms with Crippen molar-refractivity contribution < 1.29 is 4.79 Å². The van der Waals surface area contributed by atoms with E-state index in [4.69, 9.17) is 5.73 Å². The summed E-state index contributed by atoms with van der Waals surface area (Å²) in [6, 6.07) is 6.20. The Hall–Kier alpha value is -1.62. The van der Waals surface area contributed by atoms with Crippen molar-refractivity contribution >= 4 is 11.7 Å². The zero-order chi connectivity index (χ0) is 15.3. The number of carbonyl (C=O) groups excluding carboxylic acids is 1. The minimum atomic E-state index is -0.446. The highest BCUT2D eigenvalue weighted by molar-refractivity contribution is 5.82. The third-order valence-corrected chi connectivity index (χ3v) is 4.58. The molecule has 0 aliphatic carbocycles. The molecule has 1 amide bonds. The Morgan fingerprint density at radius 1 is 1.48 bits per heavy atom. The van der Waals surface area contributed by atoms with Crippen molar-refractivity contribution in [2.24, 2.45) is 11.1 Å². The maximum atomic E-state index is 12.3. The predicted octanol–water partition coefficient (Wildman–Crippen LogP) is 1.54. The van der Waals surface area contributed by atoms with Gasteiger partial charge in [0, 0.05) is 31.9 Å². The summed E-state index contributed by atoms with van der Waals surface area (Å²) in [7, 11) is 0. The number of hydrogen-bond acceptors (Lipinski definition) is 4. The first-order chi connectivity index (χ1) is 10.1. The second kappa shape index (κ2) is 6.89. The minimum absolute atomic E-state index is 0.0868. The number of amides is 1. The second-order valence-electron chi connectivity index (χ2n) is 6.04. The molecule has 3 N–H and O–H groups in total. The van der Waals surface area contributed by atoms with Gasteiger partial charge < -0.3 is 16.0 Å². The molecule has 1 unspecified atom stereocenters. The Kier molecular flexibility index (Phi) is 5.17. The molecule has 0 spiro atoms. The van der Waals surface area contributed by atoms with Gasteiger partial charge in [-0.15, -0.1) is 0 Å². The van der Waals surface area contributed by atoms with Gasteiger partial charge in [0.15, 0.2) is 0 Å². The molecule has 0 radical (unpaired) electrons. The highest BCUT2D eigenvalue weighted by atomic mass is 16.2. The van der Waals surface area contributed by atoms with Crippen LogP contribution in [0.5, 0.6) is 0 Å². The number of nitrogens with one attached hydrogen (secondary N) is 1. The van der Waals surface area contributed by atoms with Gasteiger partial charge in [0.05, 0.1) is 5.41 Å². The van der Waals surface area contributed by atoms with E-state index in [1.54, 1.807) is 0 Å². The summed E-state index contributed by atoms with van der Waals surface area (Å²) in [5.41, 5.74) is 5.30. The summed E-state index contributed by atoms with van der Waals surface area (Å²) < 4.78 is 0. The fraction of sp³-hybridized carbons (Fsp3) is 0.625. The zero-order valence-corrected chi connectivity index (χ0v) is 13.0. The summed E-state index contributed by atoms with van der Waals surface area (Å²) in [6.45, 7) is 6.18. The molecule has 1 saturated heterocycles. The first-order valence-electron chi connectivity index (χ1n) is 7.76. The monoisotopic (exact) mass is 290 g/mol. The molecule has 0 bridgehead atoms. The van der Waals surface area contributed by atoms with Gasteiger partial charge in [0.25, 0.3) is 0 Å². The van der Waals surface area contributed by atoms with Gasteiger partial charge in [0.1, 0.15) is 5.82 Å². The molecule has 0 saturated carbocycles. The average molecular weight is 290 g/mol. The molecule has 1 fully saturated rings. The molecule has 1 atom stereocenters. The van der Waals surface area contributed by atoms with E-state index in [1.165, 1.54) is 0 Å². The lowest BCUT2D eigenvalue weighted by atomic mass is 9.86. The lowest BCUT2D eigenvalue weighted by Gasteiger charge is -2.35. The van der Waals surface area contributed by atoms with Gasteiger partial charge >= 0.3 is 0 Å². The molecule has 0 aromatic carbocycles. The topological polar surface area (TPSA) is 71.2 Å². The second-order valence-corrected chi connectivity index (χ2v) is 6.04. The van der Waals surface area contributed by atoms with Gasteiger partial charge in [-0.3, -0.25) is 4.79 Å². The Labute approximate surface area is 126 Å². The van der Waals surface area contributed by atoms with E-state index in [2.05, 4.69) is 15.2 Å². The standard InChI is InChI=1S/C16H26N4O/c1-3-16(2,12-17)15(21)19-13-7-10-20(11-8-13)14-6-4-5-9-18-14/h4-6,9,13H,3,7-8,10-12,17H2,1-2H3,(H,19,21). The maximum Gasteiger partial charge on any atom is 0.227 e. The Balaban J connectivity index is 1.86. The molecule has 21 heavy (non-hydrogen) atoms. The molecular formula is C16H26N4O. The van der Waals surface area contributed by atoms with E-state index in [1.807, 2.05) is 38.2 Å². The quantitative estimate of drug-likeness (QED) is 0.863. The van der Waals surface area contributed by atoms with Crippen LogP contribution in [0.3, 0.4) is 0 Å². The van der Waals surface area contributed by atoms with Crippen LogP contribution in [0.2, 0.25) is 0 Å². The van der Waals surface area contributed by atoms with Crippen molar-refractivity contribution in [3.05, 3.63) is 24.4 Å². The van der Waals surface area contributed by atoms with Gasteiger partial charge in [0.2, 0.25) is 5.91 Å². The number of aromatic nitrogens is 1. The molecule has 1 aromatic heterocycles. The number of anilines is 1. The van der Waals surface area contributed by atoms with E-state index < -0.39 is 5.41 Å². The van der Waals surface area contributed by atoms with Crippen LogP contribution in [0.1, 0.15) is 33.1 Å². The molecule has 116 valence electrons. The predicted molar refractivity (Wildman–Crippen MR) is 85.1 cm³/mol. The van der Waals surface area contributed by atoms with Gasteiger partial charge in [-0.2, -0.15) is 0 Å². The fourth-order valence-electron chi connectivity index (χ4n) is 2.55. The smallest absolute Gasteiger partial charge is 0.227 e.